The highest BCUT2D eigenvalue weighted by molar-refractivity contribution is 5.60. The van der Waals surface area contributed by atoms with Crippen LogP contribution in [0.1, 0.15) is 51.3 Å². The van der Waals surface area contributed by atoms with Crippen LogP contribution in [-0.2, 0) is 6.42 Å². The zero-order valence-electron chi connectivity index (χ0n) is 13.4. The summed E-state index contributed by atoms with van der Waals surface area (Å²) in [6.45, 7) is 6.33. The van der Waals surface area contributed by atoms with Crippen LogP contribution in [0.15, 0.2) is 12.3 Å². The number of halogens is 2. The highest BCUT2D eigenvalue weighted by Crippen LogP contribution is 2.56. The van der Waals surface area contributed by atoms with Gasteiger partial charge in [-0.25, -0.2) is 13.8 Å². The molecule has 0 atom stereocenters. The molecule has 1 saturated carbocycles. The van der Waals surface area contributed by atoms with E-state index in [1.807, 2.05) is 6.07 Å². The second kappa shape index (κ2) is 5.22. The van der Waals surface area contributed by atoms with E-state index in [0.29, 0.717) is 24.6 Å². The first kappa shape index (κ1) is 15.3. The van der Waals surface area contributed by atoms with Crippen LogP contribution in [0.2, 0.25) is 0 Å². The molecule has 2 nitrogen and oxygen atoms in total. The lowest BCUT2D eigenvalue weighted by Gasteiger charge is -2.34. The predicted molar refractivity (Wildman–Crippen MR) is 84.2 cm³/mol. The zero-order valence-corrected chi connectivity index (χ0v) is 13.4. The molecule has 4 heteroatoms. The Balaban J connectivity index is 1.96. The third kappa shape index (κ3) is 2.58. The van der Waals surface area contributed by atoms with E-state index in [-0.39, 0.29) is 0 Å². The second-order valence-corrected chi connectivity index (χ2v) is 6.77. The van der Waals surface area contributed by atoms with Crippen molar-refractivity contribution in [2.45, 2.75) is 58.4 Å². The number of fused-ring (bicyclic) bond motifs is 1. The van der Waals surface area contributed by atoms with Gasteiger partial charge >= 0.3 is 0 Å². The standard InChI is InChI=1S/C18H22F2N2/c1-13(2)22-12-4-5-14-15(21-11-7-16(14)22)6-8-18(9-10-18)17(3,19)20/h7,11,13H,4-5,9-10,12H2,1-3H3. The smallest absolute Gasteiger partial charge is 0.261 e. The molecule has 1 aromatic rings. The van der Waals surface area contributed by atoms with E-state index in [1.165, 1.54) is 0 Å². The van der Waals surface area contributed by atoms with E-state index in [0.717, 1.165) is 37.6 Å². The molecule has 1 aliphatic carbocycles. The topological polar surface area (TPSA) is 16.1 Å². The molecular weight excluding hydrogens is 282 g/mol. The van der Waals surface area contributed by atoms with Gasteiger partial charge in [-0.3, -0.25) is 0 Å². The summed E-state index contributed by atoms with van der Waals surface area (Å²) in [5.74, 6) is 3.08. The molecule has 22 heavy (non-hydrogen) atoms. The summed E-state index contributed by atoms with van der Waals surface area (Å²) >= 11 is 0. The summed E-state index contributed by atoms with van der Waals surface area (Å²) in [4.78, 5) is 6.69. The SMILES string of the molecule is CC(C)N1CCCc2c1ccnc2C#CC1(C(C)(F)F)CC1. The van der Waals surface area contributed by atoms with Gasteiger partial charge in [0, 0.05) is 37.0 Å². The predicted octanol–water partition coefficient (Wildman–Crippen LogP) is 4.03. The molecule has 0 unspecified atom stereocenters. The minimum Gasteiger partial charge on any atom is -0.369 e. The number of alkyl halides is 2. The fraction of sp³-hybridized carbons (Fsp3) is 0.611. The Morgan fingerprint density at radius 1 is 1.36 bits per heavy atom. The number of hydrogen-bond donors (Lipinski definition) is 0. The van der Waals surface area contributed by atoms with Crippen molar-refractivity contribution in [2.75, 3.05) is 11.4 Å². The van der Waals surface area contributed by atoms with Gasteiger partial charge in [-0.2, -0.15) is 0 Å². The molecule has 0 saturated heterocycles. The lowest BCUT2D eigenvalue weighted by Crippen LogP contribution is -2.35. The molecule has 118 valence electrons. The van der Waals surface area contributed by atoms with Crippen molar-refractivity contribution in [3.63, 3.8) is 0 Å². The maximum Gasteiger partial charge on any atom is 0.261 e. The highest BCUT2D eigenvalue weighted by Gasteiger charge is 2.58. The van der Waals surface area contributed by atoms with Gasteiger partial charge in [0.25, 0.3) is 5.92 Å². The Morgan fingerprint density at radius 2 is 2.09 bits per heavy atom. The van der Waals surface area contributed by atoms with Crippen molar-refractivity contribution in [1.29, 1.82) is 0 Å². The molecule has 0 amide bonds. The molecule has 0 spiro atoms. The van der Waals surface area contributed by atoms with Crippen LogP contribution in [0.3, 0.4) is 0 Å². The van der Waals surface area contributed by atoms with Crippen LogP contribution in [0, 0.1) is 17.3 Å². The first-order chi connectivity index (χ1) is 10.3. The summed E-state index contributed by atoms with van der Waals surface area (Å²) in [7, 11) is 0. The van der Waals surface area contributed by atoms with Crippen LogP contribution >= 0.6 is 0 Å². The first-order valence-electron chi connectivity index (χ1n) is 8.00. The van der Waals surface area contributed by atoms with Crippen molar-refractivity contribution in [1.82, 2.24) is 4.98 Å². The minimum absolute atomic E-state index is 0.414. The summed E-state index contributed by atoms with van der Waals surface area (Å²) in [6.07, 6.45) is 4.69. The van der Waals surface area contributed by atoms with Gasteiger partial charge in [-0.15, -0.1) is 0 Å². The fourth-order valence-corrected chi connectivity index (χ4v) is 3.17. The Morgan fingerprint density at radius 3 is 2.68 bits per heavy atom. The van der Waals surface area contributed by atoms with Crippen LogP contribution in [-0.4, -0.2) is 23.5 Å². The summed E-state index contributed by atoms with van der Waals surface area (Å²) in [6, 6.07) is 2.43. The molecule has 3 rings (SSSR count). The number of hydrogen-bond acceptors (Lipinski definition) is 2. The lowest BCUT2D eigenvalue weighted by atomic mass is 9.97. The molecule has 2 aliphatic rings. The van der Waals surface area contributed by atoms with E-state index in [1.54, 1.807) is 6.20 Å². The molecule has 1 aromatic heterocycles. The maximum absolute atomic E-state index is 13.6. The average Bonchev–Trinajstić information content (AvgIpc) is 3.25. The molecule has 0 aromatic carbocycles. The van der Waals surface area contributed by atoms with Crippen molar-refractivity contribution >= 4 is 5.69 Å². The largest absolute Gasteiger partial charge is 0.369 e. The number of pyridine rings is 1. The number of nitrogens with zero attached hydrogens (tertiary/aromatic N) is 2. The van der Waals surface area contributed by atoms with Crippen molar-refractivity contribution < 1.29 is 8.78 Å². The Bertz CT molecular complexity index is 631. The van der Waals surface area contributed by atoms with Crippen LogP contribution < -0.4 is 4.90 Å². The molecule has 0 radical (unpaired) electrons. The Hall–Kier alpha value is -1.63. The van der Waals surface area contributed by atoms with Crippen molar-refractivity contribution in [3.05, 3.63) is 23.5 Å². The van der Waals surface area contributed by atoms with Crippen molar-refractivity contribution in [3.8, 4) is 11.8 Å². The fourth-order valence-electron chi connectivity index (χ4n) is 3.17. The van der Waals surface area contributed by atoms with E-state index in [9.17, 15) is 8.78 Å². The lowest BCUT2D eigenvalue weighted by molar-refractivity contribution is -0.0294. The first-order valence-corrected chi connectivity index (χ1v) is 8.00. The van der Waals surface area contributed by atoms with E-state index >= 15 is 0 Å². The van der Waals surface area contributed by atoms with E-state index in [4.69, 9.17) is 0 Å². The van der Waals surface area contributed by atoms with Gasteiger partial charge in [0.15, 0.2) is 0 Å². The van der Waals surface area contributed by atoms with Crippen LogP contribution in [0.25, 0.3) is 0 Å². The van der Waals surface area contributed by atoms with Crippen LogP contribution in [0.4, 0.5) is 14.5 Å². The maximum atomic E-state index is 13.6. The molecule has 1 fully saturated rings. The van der Waals surface area contributed by atoms with Crippen LogP contribution in [0.5, 0.6) is 0 Å². The third-order valence-electron chi connectivity index (χ3n) is 4.80. The molecule has 2 heterocycles. The van der Waals surface area contributed by atoms with Gasteiger partial charge in [0.05, 0.1) is 5.41 Å². The normalized spacial score (nSPS) is 19.5. The van der Waals surface area contributed by atoms with E-state index < -0.39 is 11.3 Å². The molecule has 1 aliphatic heterocycles. The van der Waals surface area contributed by atoms with E-state index in [2.05, 4.69) is 35.6 Å². The highest BCUT2D eigenvalue weighted by atomic mass is 19.3. The molecule has 0 bridgehead atoms. The summed E-state index contributed by atoms with van der Waals surface area (Å²) < 4.78 is 27.3. The zero-order chi connectivity index (χ0) is 16.0. The molecular formula is C18H22F2N2. The monoisotopic (exact) mass is 304 g/mol. The summed E-state index contributed by atoms with van der Waals surface area (Å²) in [5.41, 5.74) is 1.83. The second-order valence-electron chi connectivity index (χ2n) is 6.77. The van der Waals surface area contributed by atoms with Gasteiger partial charge in [0.1, 0.15) is 5.69 Å². The molecule has 0 N–H and O–H groups in total. The Labute approximate surface area is 130 Å². The van der Waals surface area contributed by atoms with Gasteiger partial charge in [0.2, 0.25) is 0 Å². The average molecular weight is 304 g/mol. The summed E-state index contributed by atoms with van der Waals surface area (Å²) in [5, 5.41) is 0. The van der Waals surface area contributed by atoms with Crippen molar-refractivity contribution in [2.24, 2.45) is 5.41 Å². The number of aromatic nitrogens is 1. The third-order valence-corrected chi connectivity index (χ3v) is 4.80. The number of anilines is 1. The Kier molecular flexibility index (Phi) is 3.63. The number of rotatable bonds is 2. The van der Waals surface area contributed by atoms with Gasteiger partial charge in [-0.1, -0.05) is 5.92 Å². The quantitative estimate of drug-likeness (QED) is 0.767. The van der Waals surface area contributed by atoms with Gasteiger partial charge in [-0.05, 0) is 51.5 Å². The minimum atomic E-state index is -2.74. The van der Waals surface area contributed by atoms with Gasteiger partial charge < -0.3 is 4.90 Å².